The summed E-state index contributed by atoms with van der Waals surface area (Å²) in [7, 11) is 4.04. The minimum Gasteiger partial charge on any atom is -0.446 e. The fourth-order valence-corrected chi connectivity index (χ4v) is 9.33. The molecular weight excluding hydrogens is 444 g/mol. The van der Waals surface area contributed by atoms with Crippen LogP contribution in [0.25, 0.3) is 0 Å². The van der Waals surface area contributed by atoms with Crippen molar-refractivity contribution in [2.24, 2.45) is 46.3 Å². The van der Waals surface area contributed by atoms with Crippen molar-refractivity contribution in [2.75, 3.05) is 27.2 Å². The highest BCUT2D eigenvalue weighted by atomic mass is 16.6. The maximum absolute atomic E-state index is 12.3. The molecule has 0 aromatic heterocycles. The van der Waals surface area contributed by atoms with E-state index in [2.05, 4.69) is 50.9 Å². The average molecular weight is 501 g/mol. The molecule has 206 valence electrons. The molecule has 0 aromatic carbocycles. The van der Waals surface area contributed by atoms with E-state index in [9.17, 15) is 4.79 Å². The second kappa shape index (κ2) is 11.4. The number of ether oxygens (including phenoxy) is 1. The molecule has 4 nitrogen and oxygen atoms in total. The molecule has 4 aliphatic carbocycles. The highest BCUT2D eigenvalue weighted by Crippen LogP contribution is 2.67. The number of nitrogens with one attached hydrogen (secondary N) is 1. The number of allylic oxidation sites excluding steroid dienone is 1. The zero-order chi connectivity index (χ0) is 26.1. The van der Waals surface area contributed by atoms with Gasteiger partial charge in [0.1, 0.15) is 6.10 Å². The zero-order valence-electron chi connectivity index (χ0n) is 24.6. The van der Waals surface area contributed by atoms with Gasteiger partial charge in [0, 0.05) is 19.5 Å². The van der Waals surface area contributed by atoms with E-state index < -0.39 is 0 Å². The van der Waals surface area contributed by atoms with E-state index in [0.29, 0.717) is 17.4 Å². The third kappa shape index (κ3) is 5.69. The number of carbonyl (C=O) groups excluding carboxylic acids is 1. The largest absolute Gasteiger partial charge is 0.446 e. The van der Waals surface area contributed by atoms with E-state index in [-0.39, 0.29) is 12.2 Å². The van der Waals surface area contributed by atoms with E-state index in [1.165, 1.54) is 57.8 Å². The van der Waals surface area contributed by atoms with Crippen LogP contribution in [0.2, 0.25) is 0 Å². The van der Waals surface area contributed by atoms with Gasteiger partial charge in [-0.1, -0.05) is 65.5 Å². The van der Waals surface area contributed by atoms with Crippen LogP contribution in [-0.4, -0.2) is 44.3 Å². The number of hydrogen-bond donors (Lipinski definition) is 1. The maximum atomic E-state index is 12.3. The van der Waals surface area contributed by atoms with Gasteiger partial charge in [0.15, 0.2) is 0 Å². The van der Waals surface area contributed by atoms with Gasteiger partial charge in [0.25, 0.3) is 0 Å². The Kier molecular flexibility index (Phi) is 8.85. The third-order valence-electron chi connectivity index (χ3n) is 11.4. The van der Waals surface area contributed by atoms with E-state index in [1.807, 2.05) is 14.1 Å². The molecule has 0 aromatic rings. The van der Waals surface area contributed by atoms with E-state index in [0.717, 1.165) is 54.9 Å². The van der Waals surface area contributed by atoms with Crippen LogP contribution in [0, 0.1) is 46.3 Å². The monoisotopic (exact) mass is 500 g/mol. The lowest BCUT2D eigenvalue weighted by Gasteiger charge is -2.58. The van der Waals surface area contributed by atoms with Gasteiger partial charge in [-0.25, -0.2) is 4.79 Å². The maximum Gasteiger partial charge on any atom is 0.407 e. The van der Waals surface area contributed by atoms with Crippen LogP contribution in [0.4, 0.5) is 4.79 Å². The first kappa shape index (κ1) is 28.0. The molecule has 5 unspecified atom stereocenters. The summed E-state index contributed by atoms with van der Waals surface area (Å²) in [6, 6.07) is 0. The van der Waals surface area contributed by atoms with Crippen LogP contribution in [0.1, 0.15) is 105 Å². The first-order valence-corrected chi connectivity index (χ1v) is 15.3. The lowest BCUT2D eigenvalue weighted by atomic mass is 9.47. The van der Waals surface area contributed by atoms with Crippen LogP contribution < -0.4 is 5.32 Å². The predicted molar refractivity (Wildman–Crippen MR) is 150 cm³/mol. The highest BCUT2D eigenvalue weighted by Gasteiger charge is 2.59. The Bertz CT molecular complexity index is 791. The number of fused-ring (bicyclic) bond motifs is 5. The van der Waals surface area contributed by atoms with Crippen molar-refractivity contribution in [1.82, 2.24) is 10.2 Å². The predicted octanol–water partition coefficient (Wildman–Crippen LogP) is 7.68. The Morgan fingerprint density at radius 2 is 1.86 bits per heavy atom. The molecule has 36 heavy (non-hydrogen) atoms. The van der Waals surface area contributed by atoms with Gasteiger partial charge in [-0.2, -0.15) is 0 Å². The molecule has 1 N–H and O–H groups in total. The Balaban J connectivity index is 1.37. The molecule has 0 bridgehead atoms. The number of hydrogen-bond acceptors (Lipinski definition) is 3. The van der Waals surface area contributed by atoms with Crippen molar-refractivity contribution in [3.63, 3.8) is 0 Å². The topological polar surface area (TPSA) is 41.6 Å². The summed E-state index contributed by atoms with van der Waals surface area (Å²) < 4.78 is 5.87. The summed E-state index contributed by atoms with van der Waals surface area (Å²) in [4.78, 5) is 14.4. The summed E-state index contributed by atoms with van der Waals surface area (Å²) in [6.07, 6.45) is 16.7. The standard InChI is InChI=1S/C32H56N2O2/c1-22(2)9-8-10-23(3)27-13-14-28-26-12-11-24-21-25(36-30(35)33-19-20-34(6)7)15-17-31(24,4)29(26)16-18-32(27,28)5/h11,22-23,25-29H,8-10,12-21H2,1-7H3,(H,33,35)/t23-,25?,26?,27?,28+,29+,31?,32?/m1/s1. The normalized spacial score (nSPS) is 38.7. The summed E-state index contributed by atoms with van der Waals surface area (Å²) in [5.74, 6) is 5.21. The SMILES string of the molecule is CC(C)CCC[C@@H](C)C1CC[C@H]2C3CC=C4CC(OC(=O)NCCN(C)C)CCC4(C)[C@H]3CCC12C. The van der Waals surface area contributed by atoms with Crippen molar-refractivity contribution in [3.05, 3.63) is 11.6 Å². The van der Waals surface area contributed by atoms with Crippen molar-refractivity contribution in [3.8, 4) is 0 Å². The molecule has 8 atom stereocenters. The van der Waals surface area contributed by atoms with Crippen molar-refractivity contribution < 1.29 is 9.53 Å². The van der Waals surface area contributed by atoms with Gasteiger partial charge in [-0.15, -0.1) is 0 Å². The Morgan fingerprint density at radius 1 is 1.08 bits per heavy atom. The number of likely N-dealkylation sites (N-methyl/N-ethyl adjacent to an activating group) is 1. The molecule has 0 aliphatic heterocycles. The zero-order valence-corrected chi connectivity index (χ0v) is 24.6. The molecule has 3 fully saturated rings. The van der Waals surface area contributed by atoms with Crippen LogP contribution in [-0.2, 0) is 4.74 Å². The minimum absolute atomic E-state index is 0.0386. The minimum atomic E-state index is -0.243. The second-order valence-electron chi connectivity index (χ2n) is 14.3. The first-order valence-electron chi connectivity index (χ1n) is 15.3. The van der Waals surface area contributed by atoms with Crippen LogP contribution in [0.3, 0.4) is 0 Å². The summed E-state index contributed by atoms with van der Waals surface area (Å²) in [5.41, 5.74) is 2.46. The fraction of sp³-hybridized carbons (Fsp3) is 0.906. The van der Waals surface area contributed by atoms with Crippen molar-refractivity contribution in [1.29, 1.82) is 0 Å². The van der Waals surface area contributed by atoms with Crippen LogP contribution >= 0.6 is 0 Å². The lowest BCUT2D eigenvalue weighted by molar-refractivity contribution is -0.0581. The Labute approximate surface area is 222 Å². The quantitative estimate of drug-likeness (QED) is 0.330. The third-order valence-corrected chi connectivity index (χ3v) is 11.4. The molecule has 4 rings (SSSR count). The molecule has 4 aliphatic rings. The van der Waals surface area contributed by atoms with Crippen molar-refractivity contribution >= 4 is 6.09 Å². The van der Waals surface area contributed by atoms with Crippen molar-refractivity contribution in [2.45, 2.75) is 111 Å². The second-order valence-corrected chi connectivity index (χ2v) is 14.3. The van der Waals surface area contributed by atoms with Gasteiger partial charge in [-0.3, -0.25) is 0 Å². The molecule has 4 heteroatoms. The highest BCUT2D eigenvalue weighted by molar-refractivity contribution is 5.67. The number of amides is 1. The van der Waals surface area contributed by atoms with E-state index in [1.54, 1.807) is 5.57 Å². The van der Waals surface area contributed by atoms with E-state index >= 15 is 0 Å². The van der Waals surface area contributed by atoms with Crippen LogP contribution in [0.5, 0.6) is 0 Å². The van der Waals surface area contributed by atoms with Gasteiger partial charge < -0.3 is 15.0 Å². The Hall–Kier alpha value is -1.03. The number of nitrogens with zero attached hydrogens (tertiary/aromatic N) is 1. The fourth-order valence-electron chi connectivity index (χ4n) is 9.33. The molecular formula is C32H56N2O2. The summed E-state index contributed by atoms with van der Waals surface area (Å²) in [5, 5.41) is 2.93. The summed E-state index contributed by atoms with van der Waals surface area (Å²) >= 11 is 0. The molecule has 3 saturated carbocycles. The number of alkyl carbamates (subject to hydrolysis) is 1. The van der Waals surface area contributed by atoms with Gasteiger partial charge in [0.05, 0.1) is 0 Å². The molecule has 0 saturated heterocycles. The molecule has 1 amide bonds. The van der Waals surface area contributed by atoms with Crippen LogP contribution in [0.15, 0.2) is 11.6 Å². The summed E-state index contributed by atoms with van der Waals surface area (Å²) in [6.45, 7) is 14.0. The molecule has 0 spiro atoms. The molecule has 0 heterocycles. The Morgan fingerprint density at radius 3 is 2.58 bits per heavy atom. The van der Waals surface area contributed by atoms with E-state index in [4.69, 9.17) is 4.74 Å². The first-order chi connectivity index (χ1) is 17.0. The van der Waals surface area contributed by atoms with Gasteiger partial charge >= 0.3 is 6.09 Å². The lowest BCUT2D eigenvalue weighted by Crippen LogP contribution is -2.51. The smallest absolute Gasteiger partial charge is 0.407 e. The number of carbonyl (C=O) groups is 1. The van der Waals surface area contributed by atoms with Gasteiger partial charge in [0.2, 0.25) is 0 Å². The van der Waals surface area contributed by atoms with Gasteiger partial charge in [-0.05, 0) is 105 Å². The average Bonchev–Trinajstić information content (AvgIpc) is 3.16. The molecule has 0 radical (unpaired) electrons. The number of rotatable bonds is 9.